The number of hydrogen-bond donors (Lipinski definition) is 0. The van der Waals surface area contributed by atoms with E-state index in [9.17, 15) is 4.79 Å². The number of hydrogen-bond acceptors (Lipinski definition) is 2. The average Bonchev–Trinajstić information content (AvgIpc) is 3.15. The van der Waals surface area contributed by atoms with Gasteiger partial charge in [-0.3, -0.25) is 4.79 Å². The highest BCUT2D eigenvalue weighted by Gasteiger charge is 2.03. The Labute approximate surface area is 329 Å². The molecule has 2 heteroatoms. The van der Waals surface area contributed by atoms with E-state index in [1.807, 2.05) is 0 Å². The summed E-state index contributed by atoms with van der Waals surface area (Å²) in [5.41, 5.74) is 0. The van der Waals surface area contributed by atoms with E-state index in [0.29, 0.717) is 13.0 Å². The minimum absolute atomic E-state index is 0.0295. The van der Waals surface area contributed by atoms with Crippen molar-refractivity contribution in [3.05, 3.63) is 12.2 Å². The predicted molar refractivity (Wildman–Crippen MR) is 235 cm³/mol. The van der Waals surface area contributed by atoms with E-state index >= 15 is 0 Å². The maximum atomic E-state index is 12.0. The van der Waals surface area contributed by atoms with Crippen molar-refractivity contribution < 1.29 is 9.53 Å². The van der Waals surface area contributed by atoms with Crippen LogP contribution in [-0.4, -0.2) is 12.6 Å². The third-order valence-corrected chi connectivity index (χ3v) is 11.7. The second-order valence-electron chi connectivity index (χ2n) is 17.0. The van der Waals surface area contributed by atoms with Gasteiger partial charge in [0.05, 0.1) is 6.61 Å². The van der Waals surface area contributed by atoms with Crippen molar-refractivity contribution in [2.24, 2.45) is 5.92 Å². The third kappa shape index (κ3) is 45.4. The topological polar surface area (TPSA) is 26.3 Å². The molecule has 0 heterocycles. The van der Waals surface area contributed by atoms with Crippen molar-refractivity contribution in [1.29, 1.82) is 0 Å². The van der Waals surface area contributed by atoms with Crippen molar-refractivity contribution in [3.8, 4) is 0 Å². The average molecular weight is 731 g/mol. The van der Waals surface area contributed by atoms with E-state index < -0.39 is 0 Å². The summed E-state index contributed by atoms with van der Waals surface area (Å²) < 4.78 is 5.49. The van der Waals surface area contributed by atoms with E-state index in [-0.39, 0.29) is 5.97 Å². The van der Waals surface area contributed by atoms with Crippen LogP contribution in [-0.2, 0) is 9.53 Å². The molecule has 0 aromatic carbocycles. The van der Waals surface area contributed by atoms with Gasteiger partial charge in [0.2, 0.25) is 0 Å². The zero-order valence-electron chi connectivity index (χ0n) is 36.5. The van der Waals surface area contributed by atoms with Crippen LogP contribution in [0, 0.1) is 5.92 Å². The van der Waals surface area contributed by atoms with Gasteiger partial charge in [-0.1, -0.05) is 258 Å². The molecule has 0 N–H and O–H groups in total. The lowest BCUT2D eigenvalue weighted by Crippen LogP contribution is -2.05. The Hall–Kier alpha value is -0.790. The first kappa shape index (κ1) is 51.2. The number of carbonyl (C=O) groups excluding carboxylic acids is 1. The lowest BCUT2D eigenvalue weighted by atomic mass is 9.99. The van der Waals surface area contributed by atoms with Gasteiger partial charge in [-0.05, 0) is 44.4 Å². The molecule has 0 aliphatic heterocycles. The van der Waals surface area contributed by atoms with E-state index in [0.717, 1.165) is 18.8 Å². The summed E-state index contributed by atoms with van der Waals surface area (Å²) in [6.45, 7) is 7.64. The maximum Gasteiger partial charge on any atom is 0.305 e. The summed E-state index contributed by atoms with van der Waals surface area (Å²) in [5, 5.41) is 0. The molecule has 310 valence electrons. The van der Waals surface area contributed by atoms with Crippen LogP contribution in [0.3, 0.4) is 0 Å². The summed E-state index contributed by atoms with van der Waals surface area (Å²) >= 11 is 0. The van der Waals surface area contributed by atoms with Crippen LogP contribution in [0.5, 0.6) is 0 Å². The van der Waals surface area contributed by atoms with Crippen LogP contribution in [0.2, 0.25) is 0 Å². The summed E-state index contributed by atoms with van der Waals surface area (Å²) in [5.74, 6) is 0.963. The maximum absolute atomic E-state index is 12.0. The molecule has 1 atom stereocenters. The number of ether oxygens (including phenoxy) is 1. The molecule has 0 spiro atoms. The first-order valence-electron chi connectivity index (χ1n) is 24.5. The molecule has 0 aliphatic carbocycles. The molecule has 0 aliphatic rings. The second-order valence-corrected chi connectivity index (χ2v) is 17.0. The zero-order valence-corrected chi connectivity index (χ0v) is 36.5. The SMILES string of the molecule is CCCCCCCCC=CCCCCCCCCCCCCCC(=O)OCCCCCCCCCCCCCCCCCCCCCCC(C)CC. The summed E-state index contributed by atoms with van der Waals surface area (Å²) in [4.78, 5) is 12.0. The Kier molecular flexibility index (Phi) is 45.7. The minimum atomic E-state index is 0.0295. The highest BCUT2D eigenvalue weighted by Crippen LogP contribution is 2.18. The first-order chi connectivity index (χ1) is 25.7. The third-order valence-electron chi connectivity index (χ3n) is 11.7. The van der Waals surface area contributed by atoms with E-state index in [2.05, 4.69) is 32.9 Å². The Bertz CT molecular complexity index is 684. The van der Waals surface area contributed by atoms with Crippen LogP contribution < -0.4 is 0 Å². The monoisotopic (exact) mass is 731 g/mol. The van der Waals surface area contributed by atoms with E-state index in [4.69, 9.17) is 4.74 Å². The number of unbranched alkanes of at least 4 members (excludes halogenated alkanes) is 36. The van der Waals surface area contributed by atoms with E-state index in [1.54, 1.807) is 0 Å². The van der Waals surface area contributed by atoms with Crippen LogP contribution in [0.15, 0.2) is 12.2 Å². The molecule has 0 bridgehead atoms. The molecule has 0 rings (SSSR count). The van der Waals surface area contributed by atoms with Gasteiger partial charge in [0.25, 0.3) is 0 Å². The van der Waals surface area contributed by atoms with Crippen molar-refractivity contribution in [2.45, 2.75) is 290 Å². The molecule has 0 aromatic heterocycles. The molecule has 0 radical (unpaired) electrons. The van der Waals surface area contributed by atoms with Crippen molar-refractivity contribution >= 4 is 5.97 Å². The van der Waals surface area contributed by atoms with Gasteiger partial charge in [-0.15, -0.1) is 0 Å². The van der Waals surface area contributed by atoms with Gasteiger partial charge < -0.3 is 4.74 Å². The van der Waals surface area contributed by atoms with Crippen LogP contribution in [0.4, 0.5) is 0 Å². The van der Waals surface area contributed by atoms with Crippen LogP contribution >= 0.6 is 0 Å². The smallest absolute Gasteiger partial charge is 0.305 e. The van der Waals surface area contributed by atoms with Gasteiger partial charge in [-0.2, -0.15) is 0 Å². The fraction of sp³-hybridized carbons (Fsp3) is 0.940. The van der Waals surface area contributed by atoms with Crippen LogP contribution in [0.1, 0.15) is 290 Å². The number of esters is 1. The summed E-state index contributed by atoms with van der Waals surface area (Å²) in [6, 6.07) is 0. The summed E-state index contributed by atoms with van der Waals surface area (Å²) in [7, 11) is 0. The minimum Gasteiger partial charge on any atom is -0.466 e. The van der Waals surface area contributed by atoms with E-state index in [1.165, 1.54) is 250 Å². The highest BCUT2D eigenvalue weighted by atomic mass is 16.5. The normalized spacial score (nSPS) is 12.3. The predicted octanol–water partition coefficient (Wildman–Crippen LogP) is 18.1. The van der Waals surface area contributed by atoms with Gasteiger partial charge in [0.15, 0.2) is 0 Å². The zero-order chi connectivity index (χ0) is 37.7. The molecule has 0 saturated heterocycles. The molecular weight excluding hydrogens is 633 g/mol. The van der Waals surface area contributed by atoms with Crippen molar-refractivity contribution in [2.75, 3.05) is 6.61 Å². The number of carbonyl (C=O) groups is 1. The van der Waals surface area contributed by atoms with Crippen molar-refractivity contribution in [1.82, 2.24) is 0 Å². The fourth-order valence-corrected chi connectivity index (χ4v) is 7.64. The molecule has 1 unspecified atom stereocenters. The lowest BCUT2D eigenvalue weighted by molar-refractivity contribution is -0.143. The molecule has 2 nitrogen and oxygen atoms in total. The Morgan fingerprint density at radius 1 is 0.404 bits per heavy atom. The Morgan fingerprint density at radius 3 is 1.08 bits per heavy atom. The highest BCUT2D eigenvalue weighted by molar-refractivity contribution is 5.69. The molecular formula is C50H98O2. The van der Waals surface area contributed by atoms with Gasteiger partial charge in [0, 0.05) is 6.42 Å². The number of rotatable bonds is 45. The van der Waals surface area contributed by atoms with Gasteiger partial charge in [-0.25, -0.2) is 0 Å². The molecule has 0 saturated carbocycles. The van der Waals surface area contributed by atoms with Crippen LogP contribution in [0.25, 0.3) is 0 Å². The molecule has 52 heavy (non-hydrogen) atoms. The molecule has 0 aromatic rings. The van der Waals surface area contributed by atoms with Crippen molar-refractivity contribution in [3.63, 3.8) is 0 Å². The summed E-state index contributed by atoms with van der Waals surface area (Å²) in [6.07, 6.45) is 61.9. The standard InChI is InChI=1S/C50H98O2/c1-4-6-7-8-9-10-11-12-13-14-15-16-20-23-26-29-32-35-38-41-44-47-50(51)52-48-45-42-39-36-33-30-27-24-21-18-17-19-22-25-28-31-34-37-40-43-46-49(3)5-2/h12-13,49H,4-11,14-48H2,1-3H3. The Morgan fingerprint density at radius 2 is 0.712 bits per heavy atom. The fourth-order valence-electron chi connectivity index (χ4n) is 7.64. The quantitative estimate of drug-likeness (QED) is 0.0354. The van der Waals surface area contributed by atoms with Gasteiger partial charge in [0.1, 0.15) is 0 Å². The van der Waals surface area contributed by atoms with Gasteiger partial charge >= 0.3 is 5.97 Å². The Balaban J connectivity index is 3.17. The number of allylic oxidation sites excluding steroid dienone is 2. The molecule has 0 fully saturated rings. The lowest BCUT2D eigenvalue weighted by Gasteiger charge is -2.07. The second kappa shape index (κ2) is 46.4. The first-order valence-corrected chi connectivity index (χ1v) is 24.5. The largest absolute Gasteiger partial charge is 0.466 e. The molecule has 0 amide bonds.